The van der Waals surface area contributed by atoms with Crippen molar-refractivity contribution in [2.24, 2.45) is 5.73 Å². The molecule has 156 valence electrons. The number of amides is 2. The number of aliphatic hydroxyl groups excluding tert-OH is 1. The Bertz CT molecular complexity index is 645. The molecule has 1 aliphatic rings. The highest BCUT2D eigenvalue weighted by molar-refractivity contribution is 5.98. The molecule has 0 aromatic carbocycles. The van der Waals surface area contributed by atoms with Gasteiger partial charge in [-0.3, -0.25) is 14.5 Å². The van der Waals surface area contributed by atoms with Crippen LogP contribution in [0.5, 0.6) is 0 Å². The number of aromatic nitrogens is 1. The highest BCUT2D eigenvalue weighted by atomic mass is 16.5. The van der Waals surface area contributed by atoms with Gasteiger partial charge >= 0.3 is 0 Å². The first-order valence-corrected chi connectivity index (χ1v) is 9.44. The van der Waals surface area contributed by atoms with Gasteiger partial charge in [0.25, 0.3) is 11.8 Å². The predicted molar refractivity (Wildman–Crippen MR) is 103 cm³/mol. The third-order valence-electron chi connectivity index (χ3n) is 4.84. The van der Waals surface area contributed by atoms with Crippen LogP contribution in [0, 0.1) is 0 Å². The van der Waals surface area contributed by atoms with Gasteiger partial charge in [0, 0.05) is 53.4 Å². The lowest BCUT2D eigenvalue weighted by Crippen LogP contribution is -2.49. The van der Waals surface area contributed by atoms with Crippen LogP contribution in [0.4, 0.5) is 0 Å². The van der Waals surface area contributed by atoms with E-state index in [1.807, 2.05) is 0 Å². The van der Waals surface area contributed by atoms with Gasteiger partial charge in [0.2, 0.25) is 0 Å². The Morgan fingerprint density at radius 1 is 1.14 bits per heavy atom. The van der Waals surface area contributed by atoms with E-state index in [4.69, 9.17) is 20.3 Å². The van der Waals surface area contributed by atoms with E-state index in [1.165, 1.54) is 0 Å². The minimum atomic E-state index is -0.568. The summed E-state index contributed by atoms with van der Waals surface area (Å²) in [5, 5.41) is 9.05. The maximum atomic E-state index is 13.0. The normalized spacial score (nSPS) is 15.0. The zero-order valence-corrected chi connectivity index (χ0v) is 16.6. The number of piperazine rings is 1. The highest BCUT2D eigenvalue weighted by Gasteiger charge is 2.25. The lowest BCUT2D eigenvalue weighted by atomic mass is 9.99. The molecule has 1 saturated heterocycles. The summed E-state index contributed by atoms with van der Waals surface area (Å²) < 4.78 is 10.2. The molecular weight excluding hydrogens is 364 g/mol. The molecule has 3 N–H and O–H groups in total. The van der Waals surface area contributed by atoms with E-state index >= 15 is 0 Å². The molecule has 0 aliphatic carbocycles. The second-order valence-electron chi connectivity index (χ2n) is 6.70. The molecule has 0 spiro atoms. The standard InChI is InChI=1S/C19H30N4O5/c1-27-11-3-14-13-16(21-15(4-12-28-2)17(14)18(20)25)19(26)23-7-5-22(6-8-23)9-10-24/h13,24H,3-12H2,1-2H3,(H2,20,25). The molecule has 9 heteroatoms. The summed E-state index contributed by atoms with van der Waals surface area (Å²) in [6.45, 7) is 4.04. The molecular formula is C19H30N4O5. The smallest absolute Gasteiger partial charge is 0.272 e. The van der Waals surface area contributed by atoms with Crippen LogP contribution in [0.2, 0.25) is 0 Å². The van der Waals surface area contributed by atoms with Crippen LogP contribution in [-0.4, -0.2) is 98.5 Å². The molecule has 0 saturated carbocycles. The molecule has 2 amide bonds. The monoisotopic (exact) mass is 394 g/mol. The van der Waals surface area contributed by atoms with E-state index in [0.29, 0.717) is 81.3 Å². The minimum absolute atomic E-state index is 0.107. The van der Waals surface area contributed by atoms with Crippen LogP contribution in [0.3, 0.4) is 0 Å². The summed E-state index contributed by atoms with van der Waals surface area (Å²) in [4.78, 5) is 33.4. The Morgan fingerprint density at radius 3 is 2.36 bits per heavy atom. The molecule has 2 heterocycles. The van der Waals surface area contributed by atoms with Gasteiger partial charge in [-0.15, -0.1) is 0 Å². The summed E-state index contributed by atoms with van der Waals surface area (Å²) in [7, 11) is 3.14. The Labute approximate surface area is 165 Å². The fraction of sp³-hybridized carbons (Fsp3) is 0.632. The van der Waals surface area contributed by atoms with Gasteiger partial charge in [-0.1, -0.05) is 0 Å². The number of aliphatic hydroxyl groups is 1. The molecule has 1 aliphatic heterocycles. The van der Waals surface area contributed by atoms with E-state index in [1.54, 1.807) is 25.2 Å². The quantitative estimate of drug-likeness (QED) is 0.539. The van der Waals surface area contributed by atoms with E-state index in [9.17, 15) is 9.59 Å². The van der Waals surface area contributed by atoms with Crippen molar-refractivity contribution in [3.8, 4) is 0 Å². The van der Waals surface area contributed by atoms with E-state index in [2.05, 4.69) is 9.88 Å². The molecule has 0 unspecified atom stereocenters. The van der Waals surface area contributed by atoms with Crippen molar-refractivity contribution in [2.45, 2.75) is 12.8 Å². The number of carbonyl (C=O) groups is 2. The van der Waals surface area contributed by atoms with Gasteiger partial charge in [0.05, 0.1) is 31.1 Å². The van der Waals surface area contributed by atoms with Crippen molar-refractivity contribution >= 4 is 11.8 Å². The first-order chi connectivity index (χ1) is 13.5. The Balaban J connectivity index is 2.29. The fourth-order valence-electron chi connectivity index (χ4n) is 3.33. The molecule has 2 rings (SSSR count). The number of hydrogen-bond donors (Lipinski definition) is 2. The topological polar surface area (TPSA) is 118 Å². The molecule has 0 bridgehead atoms. The van der Waals surface area contributed by atoms with Crippen LogP contribution in [0.1, 0.15) is 32.1 Å². The molecule has 9 nitrogen and oxygen atoms in total. The lowest BCUT2D eigenvalue weighted by molar-refractivity contribution is 0.0608. The predicted octanol–water partition coefficient (Wildman–Crippen LogP) is -0.692. The van der Waals surface area contributed by atoms with Crippen molar-refractivity contribution in [1.29, 1.82) is 0 Å². The van der Waals surface area contributed by atoms with Crippen LogP contribution in [0.15, 0.2) is 6.07 Å². The number of hydrogen-bond acceptors (Lipinski definition) is 7. The third-order valence-corrected chi connectivity index (χ3v) is 4.84. The van der Waals surface area contributed by atoms with Crippen LogP contribution < -0.4 is 5.73 Å². The average Bonchev–Trinajstić information content (AvgIpc) is 2.70. The van der Waals surface area contributed by atoms with Crippen molar-refractivity contribution < 1.29 is 24.2 Å². The van der Waals surface area contributed by atoms with Crippen molar-refractivity contribution in [2.75, 3.05) is 66.8 Å². The summed E-state index contributed by atoms with van der Waals surface area (Å²) in [5.41, 5.74) is 7.38. The number of nitrogens with two attached hydrogens (primary N) is 1. The molecule has 28 heavy (non-hydrogen) atoms. The zero-order valence-electron chi connectivity index (χ0n) is 16.6. The second-order valence-corrected chi connectivity index (χ2v) is 6.70. The Morgan fingerprint density at radius 2 is 1.79 bits per heavy atom. The number of carbonyl (C=O) groups excluding carboxylic acids is 2. The second kappa shape index (κ2) is 11.1. The highest BCUT2D eigenvalue weighted by Crippen LogP contribution is 2.18. The molecule has 1 fully saturated rings. The third kappa shape index (κ3) is 5.71. The van der Waals surface area contributed by atoms with E-state index < -0.39 is 5.91 Å². The summed E-state index contributed by atoms with van der Waals surface area (Å²) in [5.74, 6) is -0.738. The number of nitrogens with zero attached hydrogens (tertiary/aromatic N) is 3. The average molecular weight is 394 g/mol. The maximum absolute atomic E-state index is 13.0. The minimum Gasteiger partial charge on any atom is -0.395 e. The number of pyridine rings is 1. The van der Waals surface area contributed by atoms with Gasteiger partial charge in [0.1, 0.15) is 5.69 Å². The lowest BCUT2D eigenvalue weighted by Gasteiger charge is -2.34. The maximum Gasteiger partial charge on any atom is 0.272 e. The summed E-state index contributed by atoms with van der Waals surface area (Å²) >= 11 is 0. The first kappa shape index (κ1) is 22.2. The zero-order chi connectivity index (χ0) is 20.5. The summed E-state index contributed by atoms with van der Waals surface area (Å²) in [6.07, 6.45) is 0.849. The number of primary amides is 1. The van der Waals surface area contributed by atoms with Gasteiger partial charge in [-0.2, -0.15) is 0 Å². The molecule has 0 atom stereocenters. The molecule has 1 aromatic rings. The van der Waals surface area contributed by atoms with Crippen LogP contribution in [0.25, 0.3) is 0 Å². The number of β-amino-alcohol motifs (C(OH)–C–C–N with tert-alkyl or cyclic N) is 1. The van der Waals surface area contributed by atoms with E-state index in [-0.39, 0.29) is 12.5 Å². The first-order valence-electron chi connectivity index (χ1n) is 9.44. The van der Waals surface area contributed by atoms with Crippen LogP contribution in [-0.2, 0) is 22.3 Å². The van der Waals surface area contributed by atoms with Gasteiger partial charge in [0.15, 0.2) is 0 Å². The molecule has 0 radical (unpaired) electrons. The number of ether oxygens (including phenoxy) is 2. The largest absolute Gasteiger partial charge is 0.395 e. The molecule has 1 aromatic heterocycles. The fourth-order valence-corrected chi connectivity index (χ4v) is 3.33. The summed E-state index contributed by atoms with van der Waals surface area (Å²) in [6, 6.07) is 1.65. The number of methoxy groups -OCH3 is 2. The number of rotatable bonds is 10. The van der Waals surface area contributed by atoms with Gasteiger partial charge < -0.3 is 25.2 Å². The van der Waals surface area contributed by atoms with Crippen molar-refractivity contribution in [3.05, 3.63) is 28.6 Å². The van der Waals surface area contributed by atoms with Crippen LogP contribution >= 0.6 is 0 Å². The SMILES string of the molecule is COCCc1cc(C(=O)N2CCN(CCO)CC2)nc(CCOC)c1C(N)=O. The van der Waals surface area contributed by atoms with Gasteiger partial charge in [-0.05, 0) is 18.1 Å². The van der Waals surface area contributed by atoms with Crippen molar-refractivity contribution in [3.63, 3.8) is 0 Å². The van der Waals surface area contributed by atoms with Crippen molar-refractivity contribution in [1.82, 2.24) is 14.8 Å². The van der Waals surface area contributed by atoms with Gasteiger partial charge in [-0.25, -0.2) is 4.98 Å². The van der Waals surface area contributed by atoms with E-state index in [0.717, 1.165) is 0 Å². The Kier molecular flexibility index (Phi) is 8.78. The Hall–Kier alpha value is -2.07.